The van der Waals surface area contributed by atoms with Crippen LogP contribution < -0.4 is 0 Å². The lowest BCUT2D eigenvalue weighted by atomic mass is 9.90. The molecule has 0 aliphatic rings. The van der Waals surface area contributed by atoms with Crippen LogP contribution in [0.2, 0.25) is 5.15 Å². The molecule has 102 valence electrons. The first kappa shape index (κ1) is 15.5. The Bertz CT molecular complexity index is 325. The molecular formula is C16H26ClN. The molecule has 1 aromatic rings. The predicted molar refractivity (Wildman–Crippen MR) is 80.1 cm³/mol. The van der Waals surface area contributed by atoms with Gasteiger partial charge in [-0.25, -0.2) is 4.98 Å². The van der Waals surface area contributed by atoms with Crippen molar-refractivity contribution in [2.75, 3.05) is 0 Å². The topological polar surface area (TPSA) is 12.9 Å². The molecule has 0 saturated heterocycles. The molecule has 0 fully saturated rings. The number of rotatable bonds is 9. The molecule has 0 saturated carbocycles. The van der Waals surface area contributed by atoms with E-state index in [1.165, 1.54) is 50.5 Å². The molecular weight excluding hydrogens is 242 g/mol. The summed E-state index contributed by atoms with van der Waals surface area (Å²) < 4.78 is 0. The monoisotopic (exact) mass is 267 g/mol. The summed E-state index contributed by atoms with van der Waals surface area (Å²) in [5.41, 5.74) is 1.22. The number of hydrogen-bond acceptors (Lipinski definition) is 1. The molecule has 1 nitrogen and oxygen atoms in total. The second kappa shape index (κ2) is 9.38. The van der Waals surface area contributed by atoms with Gasteiger partial charge in [-0.05, 0) is 24.0 Å². The van der Waals surface area contributed by atoms with Crippen LogP contribution in [-0.2, 0) is 6.42 Å². The Morgan fingerprint density at radius 1 is 1.11 bits per heavy atom. The maximum Gasteiger partial charge on any atom is 0.132 e. The minimum Gasteiger partial charge on any atom is -0.244 e. The largest absolute Gasteiger partial charge is 0.244 e. The van der Waals surface area contributed by atoms with Crippen LogP contribution in [0.5, 0.6) is 0 Å². The van der Waals surface area contributed by atoms with Crippen LogP contribution in [0, 0.1) is 5.92 Å². The van der Waals surface area contributed by atoms with Gasteiger partial charge in [-0.15, -0.1) is 0 Å². The fraction of sp³-hybridized carbons (Fsp3) is 0.688. The van der Waals surface area contributed by atoms with Crippen molar-refractivity contribution in [3.8, 4) is 0 Å². The summed E-state index contributed by atoms with van der Waals surface area (Å²) in [6.07, 6.45) is 12.1. The molecule has 1 unspecified atom stereocenters. The zero-order chi connectivity index (χ0) is 13.2. The maximum atomic E-state index is 6.15. The van der Waals surface area contributed by atoms with E-state index in [1.54, 1.807) is 6.20 Å². The molecule has 0 aromatic carbocycles. The van der Waals surface area contributed by atoms with E-state index in [0.29, 0.717) is 5.15 Å². The van der Waals surface area contributed by atoms with Crippen molar-refractivity contribution in [3.63, 3.8) is 0 Å². The van der Waals surface area contributed by atoms with E-state index in [4.69, 9.17) is 11.6 Å². The van der Waals surface area contributed by atoms with Gasteiger partial charge in [0.2, 0.25) is 0 Å². The minimum absolute atomic E-state index is 0.689. The predicted octanol–water partition coefficient (Wildman–Crippen LogP) is 5.66. The Labute approximate surface area is 117 Å². The Hall–Kier alpha value is -0.560. The highest BCUT2D eigenvalue weighted by Crippen LogP contribution is 2.24. The van der Waals surface area contributed by atoms with Gasteiger partial charge in [0.25, 0.3) is 0 Å². The molecule has 0 spiro atoms. The molecule has 0 bridgehead atoms. The second-order valence-corrected chi connectivity index (χ2v) is 5.52. The van der Waals surface area contributed by atoms with Gasteiger partial charge in [0.1, 0.15) is 5.15 Å². The molecule has 18 heavy (non-hydrogen) atoms. The van der Waals surface area contributed by atoms with Crippen molar-refractivity contribution in [3.05, 3.63) is 29.0 Å². The minimum atomic E-state index is 0.689. The summed E-state index contributed by atoms with van der Waals surface area (Å²) in [5.74, 6) is 0.776. The van der Waals surface area contributed by atoms with E-state index in [9.17, 15) is 0 Å². The fourth-order valence-corrected chi connectivity index (χ4v) is 2.60. The molecule has 1 atom stereocenters. The van der Waals surface area contributed by atoms with E-state index >= 15 is 0 Å². The van der Waals surface area contributed by atoms with Gasteiger partial charge in [0, 0.05) is 6.20 Å². The van der Waals surface area contributed by atoms with Crippen molar-refractivity contribution in [1.29, 1.82) is 0 Å². The molecule has 0 amide bonds. The fourth-order valence-electron chi connectivity index (χ4n) is 2.41. The number of pyridine rings is 1. The molecule has 0 radical (unpaired) electrons. The highest BCUT2D eigenvalue weighted by Gasteiger charge is 2.11. The van der Waals surface area contributed by atoms with Gasteiger partial charge in [-0.3, -0.25) is 0 Å². The Morgan fingerprint density at radius 2 is 1.83 bits per heavy atom. The van der Waals surface area contributed by atoms with Crippen molar-refractivity contribution in [1.82, 2.24) is 4.98 Å². The molecule has 1 rings (SSSR count). The van der Waals surface area contributed by atoms with Crippen LogP contribution in [0.3, 0.4) is 0 Å². The molecule has 2 heteroatoms. The summed E-state index contributed by atoms with van der Waals surface area (Å²) >= 11 is 6.15. The zero-order valence-corrected chi connectivity index (χ0v) is 12.5. The Morgan fingerprint density at radius 3 is 2.50 bits per heavy atom. The summed E-state index contributed by atoms with van der Waals surface area (Å²) in [4.78, 5) is 4.17. The second-order valence-electron chi connectivity index (χ2n) is 5.16. The Kier molecular flexibility index (Phi) is 8.08. The normalized spacial score (nSPS) is 12.6. The third-order valence-corrected chi connectivity index (χ3v) is 3.87. The number of halogens is 1. The van der Waals surface area contributed by atoms with Gasteiger partial charge in [-0.2, -0.15) is 0 Å². The average molecular weight is 268 g/mol. The van der Waals surface area contributed by atoms with E-state index in [-0.39, 0.29) is 0 Å². The first-order valence-electron chi connectivity index (χ1n) is 7.37. The van der Waals surface area contributed by atoms with Crippen LogP contribution in [0.1, 0.15) is 64.4 Å². The van der Waals surface area contributed by atoms with Gasteiger partial charge in [0.05, 0.1) is 0 Å². The summed E-state index contributed by atoms with van der Waals surface area (Å²) in [6, 6.07) is 4.11. The third kappa shape index (κ3) is 5.86. The van der Waals surface area contributed by atoms with Crippen LogP contribution >= 0.6 is 11.6 Å². The standard InChI is InChI=1S/C16H26ClN/c1-3-5-7-10-14(9-6-4-2)13-15-11-8-12-18-16(15)17/h8,11-12,14H,3-7,9-10,13H2,1-2H3. The molecule has 0 aliphatic carbocycles. The Balaban J connectivity index is 2.51. The van der Waals surface area contributed by atoms with E-state index in [1.807, 2.05) is 6.07 Å². The van der Waals surface area contributed by atoms with Gasteiger partial charge in [0.15, 0.2) is 0 Å². The van der Waals surface area contributed by atoms with E-state index < -0.39 is 0 Å². The maximum absolute atomic E-state index is 6.15. The van der Waals surface area contributed by atoms with Gasteiger partial charge < -0.3 is 0 Å². The van der Waals surface area contributed by atoms with Crippen molar-refractivity contribution in [2.45, 2.75) is 65.2 Å². The SMILES string of the molecule is CCCCCC(CCCC)Cc1cccnc1Cl. The highest BCUT2D eigenvalue weighted by molar-refractivity contribution is 6.30. The smallest absolute Gasteiger partial charge is 0.132 e. The average Bonchev–Trinajstić information content (AvgIpc) is 2.38. The van der Waals surface area contributed by atoms with Gasteiger partial charge in [-0.1, -0.05) is 76.5 Å². The number of hydrogen-bond donors (Lipinski definition) is 0. The van der Waals surface area contributed by atoms with Gasteiger partial charge >= 0.3 is 0 Å². The van der Waals surface area contributed by atoms with Crippen molar-refractivity contribution in [2.24, 2.45) is 5.92 Å². The number of aromatic nitrogens is 1. The lowest BCUT2D eigenvalue weighted by Gasteiger charge is -2.17. The molecule has 1 heterocycles. The van der Waals surface area contributed by atoms with Crippen LogP contribution in [0.25, 0.3) is 0 Å². The quantitative estimate of drug-likeness (QED) is 0.415. The third-order valence-electron chi connectivity index (χ3n) is 3.53. The molecule has 0 N–H and O–H groups in total. The summed E-state index contributed by atoms with van der Waals surface area (Å²) in [7, 11) is 0. The summed E-state index contributed by atoms with van der Waals surface area (Å²) in [6.45, 7) is 4.53. The zero-order valence-electron chi connectivity index (χ0n) is 11.8. The molecule has 1 aromatic heterocycles. The van der Waals surface area contributed by atoms with Crippen molar-refractivity contribution >= 4 is 11.6 Å². The van der Waals surface area contributed by atoms with Crippen LogP contribution in [0.4, 0.5) is 0 Å². The molecule has 0 aliphatic heterocycles. The first-order valence-corrected chi connectivity index (χ1v) is 7.75. The summed E-state index contributed by atoms with van der Waals surface area (Å²) in [5, 5.41) is 0.689. The first-order chi connectivity index (χ1) is 8.77. The highest BCUT2D eigenvalue weighted by atomic mass is 35.5. The van der Waals surface area contributed by atoms with Crippen LogP contribution in [-0.4, -0.2) is 4.98 Å². The lowest BCUT2D eigenvalue weighted by Crippen LogP contribution is -2.06. The van der Waals surface area contributed by atoms with E-state index in [2.05, 4.69) is 24.9 Å². The van der Waals surface area contributed by atoms with E-state index in [0.717, 1.165) is 12.3 Å². The van der Waals surface area contributed by atoms with Crippen LogP contribution in [0.15, 0.2) is 18.3 Å². The lowest BCUT2D eigenvalue weighted by molar-refractivity contribution is 0.412. The number of nitrogens with zero attached hydrogens (tertiary/aromatic N) is 1. The number of unbranched alkanes of at least 4 members (excludes halogenated alkanes) is 3. The van der Waals surface area contributed by atoms with Crippen molar-refractivity contribution < 1.29 is 0 Å².